The van der Waals surface area contributed by atoms with Gasteiger partial charge in [-0.25, -0.2) is 9.97 Å². The normalized spacial score (nSPS) is 10.4. The van der Waals surface area contributed by atoms with Crippen molar-refractivity contribution in [3.63, 3.8) is 0 Å². The number of ether oxygens (including phenoxy) is 2. The molecule has 0 atom stereocenters. The summed E-state index contributed by atoms with van der Waals surface area (Å²) in [5.41, 5.74) is 0.838. The number of para-hydroxylation sites is 3. The van der Waals surface area contributed by atoms with Gasteiger partial charge in [0, 0.05) is 26.3 Å². The molecular formula is C21H24N4O2. The minimum atomic E-state index is 0.690. The second kappa shape index (κ2) is 9.54. The molecule has 3 aromatic rings. The lowest BCUT2D eigenvalue weighted by molar-refractivity contribution is 0.198. The van der Waals surface area contributed by atoms with Crippen LogP contribution in [-0.4, -0.2) is 30.2 Å². The first-order valence-electron chi connectivity index (χ1n) is 8.92. The van der Waals surface area contributed by atoms with Gasteiger partial charge < -0.3 is 20.1 Å². The second-order valence-electron chi connectivity index (χ2n) is 6.00. The SMILES string of the molecule is COCCCNc1cc(Nc2ccccc2Oc2ccccc2)nc(C)n1. The van der Waals surface area contributed by atoms with Crippen LogP contribution in [0.2, 0.25) is 0 Å². The molecule has 0 aliphatic rings. The highest BCUT2D eigenvalue weighted by Crippen LogP contribution is 2.31. The van der Waals surface area contributed by atoms with E-state index in [2.05, 4.69) is 20.6 Å². The van der Waals surface area contributed by atoms with E-state index < -0.39 is 0 Å². The number of nitrogens with zero attached hydrogens (tertiary/aromatic N) is 2. The van der Waals surface area contributed by atoms with Crippen LogP contribution in [0.1, 0.15) is 12.2 Å². The third kappa shape index (κ3) is 5.69. The Morgan fingerprint density at radius 2 is 1.67 bits per heavy atom. The summed E-state index contributed by atoms with van der Waals surface area (Å²) < 4.78 is 11.1. The van der Waals surface area contributed by atoms with Gasteiger partial charge >= 0.3 is 0 Å². The Bertz CT molecular complexity index is 856. The molecule has 0 aliphatic heterocycles. The Morgan fingerprint density at radius 3 is 2.48 bits per heavy atom. The number of aryl methyl sites for hydroxylation is 1. The molecule has 140 valence electrons. The Kier molecular flexibility index (Phi) is 6.60. The van der Waals surface area contributed by atoms with Crippen molar-refractivity contribution >= 4 is 17.3 Å². The molecule has 0 fully saturated rings. The molecule has 0 unspecified atom stereocenters. The average Bonchev–Trinajstić information content (AvgIpc) is 2.67. The summed E-state index contributed by atoms with van der Waals surface area (Å²) in [4.78, 5) is 8.91. The number of hydrogen-bond donors (Lipinski definition) is 2. The minimum absolute atomic E-state index is 0.690. The highest BCUT2D eigenvalue weighted by atomic mass is 16.5. The smallest absolute Gasteiger partial charge is 0.150 e. The molecule has 0 amide bonds. The Balaban J connectivity index is 1.74. The third-order valence-corrected chi connectivity index (χ3v) is 3.79. The lowest BCUT2D eigenvalue weighted by Gasteiger charge is -2.14. The molecule has 6 nitrogen and oxygen atoms in total. The van der Waals surface area contributed by atoms with Crippen molar-refractivity contribution in [1.29, 1.82) is 0 Å². The van der Waals surface area contributed by atoms with Gasteiger partial charge in [0.25, 0.3) is 0 Å². The molecule has 1 aromatic heterocycles. The lowest BCUT2D eigenvalue weighted by Crippen LogP contribution is -2.08. The fraction of sp³-hybridized carbons (Fsp3) is 0.238. The van der Waals surface area contributed by atoms with E-state index in [9.17, 15) is 0 Å². The van der Waals surface area contributed by atoms with Crippen LogP contribution >= 0.6 is 0 Å². The molecule has 0 aliphatic carbocycles. The maximum atomic E-state index is 6.00. The van der Waals surface area contributed by atoms with Crippen LogP contribution in [-0.2, 0) is 4.74 Å². The number of hydrogen-bond acceptors (Lipinski definition) is 6. The van der Waals surface area contributed by atoms with Crippen molar-refractivity contribution in [2.75, 3.05) is 30.9 Å². The van der Waals surface area contributed by atoms with Gasteiger partial charge in [0.05, 0.1) is 5.69 Å². The van der Waals surface area contributed by atoms with E-state index in [0.717, 1.165) is 36.0 Å². The summed E-state index contributed by atoms with van der Waals surface area (Å²) in [6.07, 6.45) is 0.913. The van der Waals surface area contributed by atoms with Gasteiger partial charge in [0.15, 0.2) is 5.75 Å². The molecular weight excluding hydrogens is 340 g/mol. The molecule has 0 saturated heterocycles. The fourth-order valence-electron chi connectivity index (χ4n) is 2.57. The van der Waals surface area contributed by atoms with Crippen molar-refractivity contribution in [3.05, 3.63) is 66.5 Å². The summed E-state index contributed by atoms with van der Waals surface area (Å²) in [5, 5.41) is 6.63. The molecule has 0 bridgehead atoms. The van der Waals surface area contributed by atoms with Crippen LogP contribution in [0, 0.1) is 6.92 Å². The zero-order chi connectivity index (χ0) is 18.9. The maximum absolute atomic E-state index is 6.00. The highest BCUT2D eigenvalue weighted by Gasteiger charge is 2.07. The second-order valence-corrected chi connectivity index (χ2v) is 6.00. The molecule has 6 heteroatoms. The number of benzene rings is 2. The van der Waals surface area contributed by atoms with Crippen LogP contribution in [0.3, 0.4) is 0 Å². The van der Waals surface area contributed by atoms with Crippen LogP contribution in [0.15, 0.2) is 60.7 Å². The van der Waals surface area contributed by atoms with E-state index in [1.807, 2.05) is 67.6 Å². The molecule has 1 heterocycles. The Labute approximate surface area is 159 Å². The third-order valence-electron chi connectivity index (χ3n) is 3.79. The van der Waals surface area contributed by atoms with Crippen LogP contribution < -0.4 is 15.4 Å². The average molecular weight is 364 g/mol. The summed E-state index contributed by atoms with van der Waals surface area (Å²) in [7, 11) is 1.70. The van der Waals surface area contributed by atoms with Crippen LogP contribution in [0.4, 0.5) is 17.3 Å². The number of methoxy groups -OCH3 is 1. The zero-order valence-corrected chi connectivity index (χ0v) is 15.6. The van der Waals surface area contributed by atoms with Crippen molar-refractivity contribution in [2.45, 2.75) is 13.3 Å². The van der Waals surface area contributed by atoms with E-state index in [1.54, 1.807) is 7.11 Å². The number of rotatable bonds is 9. The summed E-state index contributed by atoms with van der Waals surface area (Å²) in [5.74, 6) is 3.69. The first-order chi connectivity index (χ1) is 13.2. The minimum Gasteiger partial charge on any atom is -0.455 e. The van der Waals surface area contributed by atoms with Gasteiger partial charge in [-0.15, -0.1) is 0 Å². The van der Waals surface area contributed by atoms with Gasteiger partial charge in [-0.2, -0.15) is 0 Å². The molecule has 27 heavy (non-hydrogen) atoms. The summed E-state index contributed by atoms with van der Waals surface area (Å²) in [6.45, 7) is 3.38. The molecule has 0 saturated carbocycles. The monoisotopic (exact) mass is 364 g/mol. The fourth-order valence-corrected chi connectivity index (χ4v) is 2.57. The first kappa shape index (κ1) is 18.7. The van der Waals surface area contributed by atoms with Crippen molar-refractivity contribution in [3.8, 4) is 11.5 Å². The standard InChI is InChI=1S/C21H24N4O2/c1-16-23-20(22-13-8-14-26-2)15-21(24-16)25-18-11-6-7-12-19(18)27-17-9-4-3-5-10-17/h3-7,9-12,15H,8,13-14H2,1-2H3,(H2,22,23,24,25). The topological polar surface area (TPSA) is 68.3 Å². The Morgan fingerprint density at radius 1 is 0.926 bits per heavy atom. The van der Waals surface area contributed by atoms with Crippen molar-refractivity contribution < 1.29 is 9.47 Å². The van der Waals surface area contributed by atoms with Gasteiger partial charge in [-0.1, -0.05) is 30.3 Å². The first-order valence-corrected chi connectivity index (χ1v) is 8.92. The lowest BCUT2D eigenvalue weighted by atomic mass is 10.3. The van der Waals surface area contributed by atoms with E-state index in [4.69, 9.17) is 9.47 Å². The molecule has 0 spiro atoms. The van der Waals surface area contributed by atoms with Crippen molar-refractivity contribution in [2.24, 2.45) is 0 Å². The van der Waals surface area contributed by atoms with Gasteiger partial charge in [-0.05, 0) is 37.6 Å². The zero-order valence-electron chi connectivity index (χ0n) is 15.6. The summed E-state index contributed by atoms with van der Waals surface area (Å²) in [6, 6.07) is 19.4. The number of anilines is 3. The van der Waals surface area contributed by atoms with Gasteiger partial charge in [0.2, 0.25) is 0 Å². The molecule has 3 rings (SSSR count). The quantitative estimate of drug-likeness (QED) is 0.533. The largest absolute Gasteiger partial charge is 0.455 e. The van der Waals surface area contributed by atoms with Crippen molar-refractivity contribution in [1.82, 2.24) is 9.97 Å². The summed E-state index contributed by atoms with van der Waals surface area (Å²) >= 11 is 0. The molecule has 2 N–H and O–H groups in total. The maximum Gasteiger partial charge on any atom is 0.150 e. The van der Waals surface area contributed by atoms with E-state index >= 15 is 0 Å². The highest BCUT2D eigenvalue weighted by molar-refractivity contribution is 5.66. The number of aromatic nitrogens is 2. The van der Waals surface area contributed by atoms with Gasteiger partial charge in [0.1, 0.15) is 23.2 Å². The Hall–Kier alpha value is -3.12. The number of nitrogens with one attached hydrogen (secondary N) is 2. The molecule has 0 radical (unpaired) electrons. The van der Waals surface area contributed by atoms with Crippen LogP contribution in [0.5, 0.6) is 11.5 Å². The van der Waals surface area contributed by atoms with E-state index in [0.29, 0.717) is 18.2 Å². The predicted molar refractivity (Wildman–Crippen MR) is 108 cm³/mol. The predicted octanol–water partition coefficient (Wildman–Crippen LogP) is 4.77. The van der Waals surface area contributed by atoms with Crippen LogP contribution in [0.25, 0.3) is 0 Å². The molecule has 2 aromatic carbocycles. The van der Waals surface area contributed by atoms with E-state index in [1.165, 1.54) is 0 Å². The van der Waals surface area contributed by atoms with Gasteiger partial charge in [-0.3, -0.25) is 0 Å². The van der Waals surface area contributed by atoms with E-state index in [-0.39, 0.29) is 0 Å².